The number of carboxylic acids is 4. The maximum absolute atomic E-state index is 13.6. The van der Waals surface area contributed by atoms with Crippen LogP contribution in [0.5, 0.6) is 0 Å². The molecule has 2 aromatic carbocycles. The number of amides is 2. The minimum atomic E-state index is -1.14. The molecule has 2 amide bonds. The summed E-state index contributed by atoms with van der Waals surface area (Å²) in [4.78, 5) is 80.9. The zero-order chi connectivity index (χ0) is 39.7. The van der Waals surface area contributed by atoms with Crippen molar-refractivity contribution in [3.05, 3.63) is 65.2 Å². The fourth-order valence-corrected chi connectivity index (χ4v) is 7.32. The summed E-state index contributed by atoms with van der Waals surface area (Å²) in [5.41, 5.74) is 3.66. The van der Waals surface area contributed by atoms with Crippen LogP contribution in [0, 0.1) is 5.92 Å². The molecule has 0 saturated carbocycles. The summed E-state index contributed by atoms with van der Waals surface area (Å²) in [5.74, 6) is -4.96. The minimum Gasteiger partial charge on any atom is -0.481 e. The van der Waals surface area contributed by atoms with E-state index in [2.05, 4.69) is 5.32 Å². The highest BCUT2D eigenvalue weighted by atomic mass is 16.4. The number of hydrogen-bond acceptors (Lipinski definition) is 9. The van der Waals surface area contributed by atoms with Crippen molar-refractivity contribution >= 4 is 53.5 Å². The van der Waals surface area contributed by atoms with Gasteiger partial charge in [0.15, 0.2) is 0 Å². The number of benzene rings is 2. The molecule has 2 aliphatic heterocycles. The molecule has 298 valence electrons. The maximum Gasteiger partial charge on any atom is 0.320 e. The molecule has 15 heteroatoms. The number of nitrogens with one attached hydrogen (secondary N) is 1. The van der Waals surface area contributed by atoms with Crippen LogP contribution in [-0.4, -0.2) is 136 Å². The van der Waals surface area contributed by atoms with Gasteiger partial charge in [-0.2, -0.15) is 0 Å². The predicted molar refractivity (Wildman–Crippen MR) is 205 cm³/mol. The fraction of sp³-hybridized carbons (Fsp3) is 0.500. The average molecular weight is 764 g/mol. The Hall–Kier alpha value is -5.12. The van der Waals surface area contributed by atoms with Gasteiger partial charge in [0.25, 0.3) is 0 Å². The molecule has 2 unspecified atom stereocenters. The summed E-state index contributed by atoms with van der Waals surface area (Å²) in [6.45, 7) is 1.43. The topological polar surface area (TPSA) is 208 Å². The van der Waals surface area contributed by atoms with Gasteiger partial charge >= 0.3 is 23.9 Å². The monoisotopic (exact) mass is 763 g/mol. The molecular formula is C40H53N5O10. The van der Waals surface area contributed by atoms with Crippen molar-refractivity contribution in [1.82, 2.24) is 20.0 Å². The number of para-hydroxylation sites is 1. The summed E-state index contributed by atoms with van der Waals surface area (Å²) in [6, 6.07) is 14.4. The number of hydrogen-bond donors (Lipinski definition) is 5. The first-order chi connectivity index (χ1) is 26.4. The van der Waals surface area contributed by atoms with Crippen molar-refractivity contribution in [2.75, 3.05) is 63.8 Å². The highest BCUT2D eigenvalue weighted by molar-refractivity contribution is 5.97. The Morgan fingerprint density at radius 1 is 0.691 bits per heavy atom. The first-order valence-electron chi connectivity index (χ1n) is 18.9. The Morgan fingerprint density at radius 2 is 1.29 bits per heavy atom. The van der Waals surface area contributed by atoms with Crippen molar-refractivity contribution in [2.24, 2.45) is 5.92 Å². The van der Waals surface area contributed by atoms with Crippen molar-refractivity contribution in [2.45, 2.75) is 64.0 Å². The number of carbonyl (C=O) groups is 6. The molecule has 15 nitrogen and oxygen atoms in total. The summed E-state index contributed by atoms with van der Waals surface area (Å²) < 4.78 is 0. The van der Waals surface area contributed by atoms with Crippen molar-refractivity contribution < 1.29 is 49.2 Å². The third-order valence-electron chi connectivity index (χ3n) is 10.1. The quantitative estimate of drug-likeness (QED) is 0.188. The fourth-order valence-electron chi connectivity index (χ4n) is 7.32. The highest BCUT2D eigenvalue weighted by Crippen LogP contribution is 2.29. The molecule has 55 heavy (non-hydrogen) atoms. The molecule has 0 radical (unpaired) electrons. The van der Waals surface area contributed by atoms with Crippen LogP contribution in [0.1, 0.15) is 68.1 Å². The van der Waals surface area contributed by atoms with Gasteiger partial charge in [0.05, 0.1) is 25.3 Å². The molecule has 1 saturated heterocycles. The van der Waals surface area contributed by atoms with E-state index >= 15 is 0 Å². The lowest BCUT2D eigenvalue weighted by molar-refractivity contribution is -0.144. The molecule has 5 N–H and O–H groups in total. The first-order valence-corrected chi connectivity index (χ1v) is 18.9. The minimum absolute atomic E-state index is 0.0290. The van der Waals surface area contributed by atoms with Crippen LogP contribution in [0.25, 0.3) is 12.2 Å². The van der Waals surface area contributed by atoms with E-state index in [1.807, 2.05) is 60.7 Å². The second kappa shape index (κ2) is 21.7. The smallest absolute Gasteiger partial charge is 0.320 e. The number of rotatable bonds is 14. The van der Waals surface area contributed by atoms with E-state index in [0.717, 1.165) is 22.4 Å². The Morgan fingerprint density at radius 3 is 1.96 bits per heavy atom. The average Bonchev–Trinajstić information content (AvgIpc) is 3.12. The van der Waals surface area contributed by atoms with Crippen LogP contribution in [0.3, 0.4) is 0 Å². The number of aliphatic carboxylic acids is 4. The third kappa shape index (κ3) is 14.2. The largest absolute Gasteiger partial charge is 0.481 e. The van der Waals surface area contributed by atoms with Crippen LogP contribution >= 0.6 is 0 Å². The van der Waals surface area contributed by atoms with Crippen molar-refractivity contribution in [3.8, 4) is 0 Å². The maximum atomic E-state index is 13.6. The van der Waals surface area contributed by atoms with Gasteiger partial charge in [-0.25, -0.2) is 0 Å². The van der Waals surface area contributed by atoms with Gasteiger partial charge in [-0.3, -0.25) is 43.5 Å². The van der Waals surface area contributed by atoms with Crippen LogP contribution < -0.4 is 10.2 Å². The summed E-state index contributed by atoms with van der Waals surface area (Å²) in [5, 5.41) is 41.6. The standard InChI is InChI=1S/C40H53N5O10/c46-35(41-18-17-36(47)45-26-32-11-2-1-9-30(32)13-14-31-10-3-4-12-33(31)45)16-15-34(40(54)55)44-20-6-8-29(25-37(48)49)7-5-19-42(27-38(50)51)21-22-43(23-24-44)28-39(52)53/h1-4,9-14,29,34H,5-8,15-28H2,(H,41,46)(H,48,49)(H,50,51)(H,52,53)(H,54,55)/b14-13-. The van der Waals surface area contributed by atoms with Gasteiger partial charge in [-0.15, -0.1) is 0 Å². The van der Waals surface area contributed by atoms with E-state index in [1.54, 1.807) is 19.6 Å². The molecule has 2 aromatic rings. The second-order valence-corrected chi connectivity index (χ2v) is 14.2. The van der Waals surface area contributed by atoms with Crippen molar-refractivity contribution in [3.63, 3.8) is 0 Å². The lowest BCUT2D eigenvalue weighted by Gasteiger charge is -2.33. The molecule has 0 bridgehead atoms. The van der Waals surface area contributed by atoms with Crippen LogP contribution in [0.2, 0.25) is 0 Å². The molecule has 1 fully saturated rings. The van der Waals surface area contributed by atoms with E-state index < -0.39 is 35.8 Å². The summed E-state index contributed by atoms with van der Waals surface area (Å²) in [7, 11) is 0. The van der Waals surface area contributed by atoms with E-state index in [0.29, 0.717) is 45.3 Å². The van der Waals surface area contributed by atoms with Crippen LogP contribution in [0.4, 0.5) is 5.69 Å². The summed E-state index contributed by atoms with van der Waals surface area (Å²) in [6.07, 6.45) is 5.89. The Labute approximate surface area is 321 Å². The predicted octanol–water partition coefficient (Wildman–Crippen LogP) is 3.18. The lowest BCUT2D eigenvalue weighted by Crippen LogP contribution is -2.48. The summed E-state index contributed by atoms with van der Waals surface area (Å²) >= 11 is 0. The van der Waals surface area contributed by atoms with Gasteiger partial charge in [0.1, 0.15) is 6.04 Å². The number of fused-ring (bicyclic) bond motifs is 2. The molecular weight excluding hydrogens is 710 g/mol. The van der Waals surface area contributed by atoms with Crippen LogP contribution in [-0.2, 0) is 35.3 Å². The molecule has 2 aliphatic rings. The van der Waals surface area contributed by atoms with Gasteiger partial charge < -0.3 is 30.6 Å². The number of nitrogens with zero attached hydrogens (tertiary/aromatic N) is 4. The lowest BCUT2D eigenvalue weighted by atomic mass is 9.93. The van der Waals surface area contributed by atoms with Crippen LogP contribution in [0.15, 0.2) is 48.5 Å². The SMILES string of the molecule is O=C(O)CC1CCCN(CC(=O)O)CCN(CC(=O)O)CCN(C(CCC(=O)NCCC(=O)N2Cc3ccccc3/C=C\c3ccccc32)C(=O)O)CCC1. The number of anilines is 1. The number of carboxylic acid groups (broad SMARTS) is 4. The molecule has 0 aromatic heterocycles. The van der Waals surface area contributed by atoms with E-state index in [9.17, 15) is 49.2 Å². The first kappa shape index (κ1) is 42.6. The Bertz CT molecular complexity index is 1680. The Kier molecular flexibility index (Phi) is 16.8. The molecule has 4 rings (SSSR count). The zero-order valence-electron chi connectivity index (χ0n) is 31.2. The molecule has 0 spiro atoms. The molecule has 2 heterocycles. The van der Waals surface area contributed by atoms with Gasteiger partial charge in [0.2, 0.25) is 11.8 Å². The Balaban J connectivity index is 1.39. The second-order valence-electron chi connectivity index (χ2n) is 14.2. The number of carbonyl (C=O) groups excluding carboxylic acids is 2. The van der Waals surface area contributed by atoms with Gasteiger partial charge in [-0.1, -0.05) is 54.6 Å². The van der Waals surface area contributed by atoms with E-state index in [1.165, 1.54) is 0 Å². The zero-order valence-corrected chi connectivity index (χ0v) is 31.2. The van der Waals surface area contributed by atoms with E-state index in [4.69, 9.17) is 0 Å². The molecule has 0 aliphatic carbocycles. The van der Waals surface area contributed by atoms with E-state index in [-0.39, 0.29) is 83.3 Å². The van der Waals surface area contributed by atoms with Crippen molar-refractivity contribution in [1.29, 1.82) is 0 Å². The normalized spacial score (nSPS) is 19.0. The third-order valence-corrected chi connectivity index (χ3v) is 10.1. The molecule has 2 atom stereocenters. The van der Waals surface area contributed by atoms with Gasteiger partial charge in [-0.05, 0) is 73.9 Å². The van der Waals surface area contributed by atoms with Gasteiger partial charge in [0, 0.05) is 52.0 Å². The highest BCUT2D eigenvalue weighted by Gasteiger charge is 2.28.